The summed E-state index contributed by atoms with van der Waals surface area (Å²) < 4.78 is 0. The second-order valence-corrected chi connectivity index (χ2v) is 4.98. The third kappa shape index (κ3) is 5.91. The fourth-order valence-corrected chi connectivity index (χ4v) is 2.12. The predicted octanol–water partition coefficient (Wildman–Crippen LogP) is 4.31. The van der Waals surface area contributed by atoms with Crippen LogP contribution in [0.15, 0.2) is 24.3 Å². The van der Waals surface area contributed by atoms with E-state index in [9.17, 15) is 4.79 Å². The molecule has 0 aliphatic rings. The van der Waals surface area contributed by atoms with Crippen molar-refractivity contribution in [3.05, 3.63) is 35.9 Å². The lowest BCUT2D eigenvalue weighted by molar-refractivity contribution is 0.0749. The van der Waals surface area contributed by atoms with E-state index in [1.165, 1.54) is 25.7 Å². The van der Waals surface area contributed by atoms with Gasteiger partial charge in [0, 0.05) is 18.7 Å². The van der Waals surface area contributed by atoms with E-state index >= 15 is 0 Å². The van der Waals surface area contributed by atoms with Gasteiger partial charge in [0.25, 0.3) is 5.91 Å². The molecule has 1 rings (SSSR count). The third-order valence-corrected chi connectivity index (χ3v) is 3.29. The van der Waals surface area contributed by atoms with Crippen LogP contribution < -0.4 is 0 Å². The maximum atomic E-state index is 12.4. The van der Waals surface area contributed by atoms with E-state index in [-0.39, 0.29) is 5.91 Å². The molecule has 1 radical (unpaired) electrons. The fourth-order valence-electron chi connectivity index (χ4n) is 2.12. The van der Waals surface area contributed by atoms with Crippen molar-refractivity contribution in [2.75, 3.05) is 13.1 Å². The molecule has 2 heteroatoms. The summed E-state index contributed by atoms with van der Waals surface area (Å²) in [6.45, 7) is 6.13. The molecular formula is C17H26NO. The summed E-state index contributed by atoms with van der Waals surface area (Å²) >= 11 is 0. The molecule has 0 saturated carbocycles. The molecule has 0 heterocycles. The maximum Gasteiger partial charge on any atom is 0.254 e. The number of carbonyl (C=O) groups is 1. The van der Waals surface area contributed by atoms with Gasteiger partial charge >= 0.3 is 0 Å². The van der Waals surface area contributed by atoms with Crippen LogP contribution in [0.25, 0.3) is 0 Å². The van der Waals surface area contributed by atoms with E-state index in [2.05, 4.69) is 19.9 Å². The standard InChI is InChI=1S/C17H26NO/c1-3-5-10-14-18(15-11-6-4-2)17(19)16-12-8-7-9-13-16/h7-9,12H,3-6,10-11,14-15H2,1-2H3. The molecule has 1 aromatic carbocycles. The van der Waals surface area contributed by atoms with Gasteiger partial charge in [0.05, 0.1) is 0 Å². The van der Waals surface area contributed by atoms with Crippen LogP contribution in [-0.2, 0) is 0 Å². The van der Waals surface area contributed by atoms with E-state index in [4.69, 9.17) is 0 Å². The van der Waals surface area contributed by atoms with Crippen molar-refractivity contribution in [2.24, 2.45) is 0 Å². The SMILES string of the molecule is CCCCCN(CCCCC)C(=O)c1[c]cccc1. The fraction of sp³-hybridized carbons (Fsp3) is 0.588. The first kappa shape index (κ1) is 15.7. The van der Waals surface area contributed by atoms with Crippen LogP contribution in [0.2, 0.25) is 0 Å². The zero-order valence-corrected chi connectivity index (χ0v) is 12.3. The molecule has 1 amide bonds. The normalized spacial score (nSPS) is 10.4. The Kier molecular flexibility index (Phi) is 7.95. The van der Waals surface area contributed by atoms with Crippen molar-refractivity contribution in [1.82, 2.24) is 4.90 Å². The Bertz CT molecular complexity index is 338. The number of amides is 1. The van der Waals surface area contributed by atoms with Crippen LogP contribution >= 0.6 is 0 Å². The molecule has 0 aromatic heterocycles. The Labute approximate surface area is 117 Å². The molecule has 0 atom stereocenters. The van der Waals surface area contributed by atoms with Crippen LogP contribution in [0.4, 0.5) is 0 Å². The number of hydrogen-bond donors (Lipinski definition) is 0. The topological polar surface area (TPSA) is 20.3 Å². The molecule has 0 unspecified atom stereocenters. The van der Waals surface area contributed by atoms with Crippen molar-refractivity contribution >= 4 is 5.91 Å². The molecular weight excluding hydrogens is 234 g/mol. The minimum Gasteiger partial charge on any atom is -0.339 e. The van der Waals surface area contributed by atoms with Gasteiger partial charge in [-0.3, -0.25) is 4.79 Å². The van der Waals surface area contributed by atoms with Gasteiger partial charge in [-0.15, -0.1) is 0 Å². The Morgan fingerprint density at radius 2 is 1.68 bits per heavy atom. The molecule has 1 aromatic rings. The van der Waals surface area contributed by atoms with Crippen molar-refractivity contribution in [2.45, 2.75) is 52.4 Å². The van der Waals surface area contributed by atoms with Crippen LogP contribution in [-0.4, -0.2) is 23.9 Å². The smallest absolute Gasteiger partial charge is 0.254 e. The molecule has 105 valence electrons. The van der Waals surface area contributed by atoms with Gasteiger partial charge in [0.2, 0.25) is 0 Å². The van der Waals surface area contributed by atoms with E-state index in [0.29, 0.717) is 5.56 Å². The Morgan fingerprint density at radius 1 is 1.05 bits per heavy atom. The summed E-state index contributed by atoms with van der Waals surface area (Å²) in [5, 5.41) is 0. The molecule has 2 nitrogen and oxygen atoms in total. The average Bonchev–Trinajstić information content (AvgIpc) is 2.46. The Hall–Kier alpha value is -1.31. The molecule has 19 heavy (non-hydrogen) atoms. The second kappa shape index (κ2) is 9.60. The highest BCUT2D eigenvalue weighted by atomic mass is 16.2. The van der Waals surface area contributed by atoms with Crippen molar-refractivity contribution < 1.29 is 4.79 Å². The van der Waals surface area contributed by atoms with Crippen LogP contribution in [0.3, 0.4) is 0 Å². The van der Waals surface area contributed by atoms with Crippen molar-refractivity contribution in [3.63, 3.8) is 0 Å². The van der Waals surface area contributed by atoms with Gasteiger partial charge in [-0.1, -0.05) is 57.7 Å². The summed E-state index contributed by atoms with van der Waals surface area (Å²) in [4.78, 5) is 14.4. The highest BCUT2D eigenvalue weighted by Gasteiger charge is 2.14. The molecule has 0 aliphatic heterocycles. The summed E-state index contributed by atoms with van der Waals surface area (Å²) in [7, 11) is 0. The molecule has 0 spiro atoms. The summed E-state index contributed by atoms with van der Waals surface area (Å²) in [6.07, 6.45) is 6.96. The van der Waals surface area contributed by atoms with E-state index in [1.807, 2.05) is 29.2 Å². The molecule has 0 bridgehead atoms. The number of carbonyl (C=O) groups excluding carboxylic acids is 1. The number of rotatable bonds is 9. The number of unbranched alkanes of at least 4 members (excludes halogenated alkanes) is 4. The zero-order valence-electron chi connectivity index (χ0n) is 12.3. The minimum absolute atomic E-state index is 0.132. The third-order valence-electron chi connectivity index (χ3n) is 3.29. The van der Waals surface area contributed by atoms with Crippen molar-refractivity contribution in [3.8, 4) is 0 Å². The monoisotopic (exact) mass is 260 g/mol. The van der Waals surface area contributed by atoms with Gasteiger partial charge in [-0.05, 0) is 25.0 Å². The second-order valence-electron chi connectivity index (χ2n) is 4.98. The first-order chi connectivity index (χ1) is 9.29. The van der Waals surface area contributed by atoms with E-state index in [1.54, 1.807) is 0 Å². The van der Waals surface area contributed by atoms with Crippen molar-refractivity contribution in [1.29, 1.82) is 0 Å². The molecule has 0 saturated heterocycles. The number of nitrogens with zero attached hydrogens (tertiary/aromatic N) is 1. The largest absolute Gasteiger partial charge is 0.339 e. The predicted molar refractivity (Wildman–Crippen MR) is 80.2 cm³/mol. The van der Waals surface area contributed by atoms with Gasteiger partial charge < -0.3 is 4.90 Å². The molecule has 0 N–H and O–H groups in total. The molecule has 0 aliphatic carbocycles. The lowest BCUT2D eigenvalue weighted by atomic mass is 10.1. The first-order valence-corrected chi connectivity index (χ1v) is 7.55. The lowest BCUT2D eigenvalue weighted by Gasteiger charge is -2.22. The zero-order chi connectivity index (χ0) is 13.9. The summed E-state index contributed by atoms with van der Waals surface area (Å²) in [6, 6.07) is 10.5. The Balaban J connectivity index is 2.57. The van der Waals surface area contributed by atoms with Gasteiger partial charge in [0.15, 0.2) is 0 Å². The number of benzene rings is 1. The lowest BCUT2D eigenvalue weighted by Crippen LogP contribution is -2.33. The van der Waals surface area contributed by atoms with Crippen LogP contribution in [0, 0.1) is 6.07 Å². The van der Waals surface area contributed by atoms with E-state index < -0.39 is 0 Å². The highest BCUT2D eigenvalue weighted by Crippen LogP contribution is 2.08. The quantitative estimate of drug-likeness (QED) is 0.606. The van der Waals surface area contributed by atoms with Gasteiger partial charge in [0.1, 0.15) is 0 Å². The molecule has 0 fully saturated rings. The highest BCUT2D eigenvalue weighted by molar-refractivity contribution is 5.93. The Morgan fingerprint density at radius 3 is 2.16 bits per heavy atom. The minimum atomic E-state index is 0.132. The summed E-state index contributed by atoms with van der Waals surface area (Å²) in [5.74, 6) is 0.132. The van der Waals surface area contributed by atoms with Crippen LogP contribution in [0.1, 0.15) is 62.7 Å². The van der Waals surface area contributed by atoms with Gasteiger partial charge in [-0.2, -0.15) is 0 Å². The maximum absolute atomic E-state index is 12.4. The average molecular weight is 260 g/mol. The van der Waals surface area contributed by atoms with Crippen LogP contribution in [0.5, 0.6) is 0 Å². The first-order valence-electron chi connectivity index (χ1n) is 7.55. The van der Waals surface area contributed by atoms with Gasteiger partial charge in [-0.25, -0.2) is 0 Å². The van der Waals surface area contributed by atoms with E-state index in [0.717, 1.165) is 25.9 Å². The number of hydrogen-bond acceptors (Lipinski definition) is 1. The summed E-state index contributed by atoms with van der Waals surface area (Å²) in [5.41, 5.74) is 0.690.